The molecule has 8 heteroatoms. The van der Waals surface area contributed by atoms with Gasteiger partial charge in [0.2, 0.25) is 10.0 Å². The molecule has 0 fully saturated rings. The quantitative estimate of drug-likeness (QED) is 0.909. The Kier molecular flexibility index (Phi) is 4.19. The number of phenolic OH excluding ortho intramolecular Hbond substituents is 1. The molecule has 0 aromatic heterocycles. The lowest BCUT2D eigenvalue weighted by Crippen LogP contribution is -2.25. The Morgan fingerprint density at radius 1 is 1.00 bits per heavy atom. The molecular weight excluding hydrogens is 307 g/mol. The van der Waals surface area contributed by atoms with Gasteiger partial charge in [-0.2, -0.15) is 0 Å². The Labute approximate surface area is 118 Å². The number of benzene rings is 2. The Morgan fingerprint density at radius 2 is 1.52 bits per heavy atom. The second-order valence-corrected chi connectivity index (χ2v) is 5.89. The van der Waals surface area contributed by atoms with Crippen LogP contribution in [0.4, 0.5) is 13.2 Å². The second kappa shape index (κ2) is 5.74. The molecule has 0 spiro atoms. The summed E-state index contributed by atoms with van der Waals surface area (Å²) >= 11 is 0. The van der Waals surface area contributed by atoms with Gasteiger partial charge in [0.05, 0.1) is 0 Å². The van der Waals surface area contributed by atoms with Gasteiger partial charge in [0.15, 0.2) is 4.90 Å². The average Bonchev–Trinajstić information content (AvgIpc) is 2.36. The van der Waals surface area contributed by atoms with E-state index in [2.05, 4.69) is 0 Å². The molecule has 2 aromatic rings. The van der Waals surface area contributed by atoms with Gasteiger partial charge in [0.1, 0.15) is 23.2 Å². The molecule has 0 unspecified atom stereocenters. The van der Waals surface area contributed by atoms with E-state index in [-0.39, 0.29) is 24.4 Å². The number of rotatable bonds is 4. The number of hydrogen-bond acceptors (Lipinski definition) is 3. The summed E-state index contributed by atoms with van der Waals surface area (Å²) in [5.74, 6) is -4.23. The van der Waals surface area contributed by atoms with E-state index in [0.717, 1.165) is 0 Å². The molecule has 0 aliphatic heterocycles. The third-order valence-corrected chi connectivity index (χ3v) is 4.09. The molecule has 0 aliphatic rings. The van der Waals surface area contributed by atoms with Gasteiger partial charge >= 0.3 is 0 Å². The number of aromatic hydroxyl groups is 1. The van der Waals surface area contributed by atoms with E-state index in [1.165, 1.54) is 24.3 Å². The Balaban J connectivity index is 2.25. The molecule has 0 bridgehead atoms. The minimum atomic E-state index is -4.48. The van der Waals surface area contributed by atoms with Crippen LogP contribution in [0.15, 0.2) is 41.3 Å². The van der Waals surface area contributed by atoms with Crippen LogP contribution in [0.2, 0.25) is 0 Å². The normalized spacial score (nSPS) is 11.6. The number of halogens is 3. The van der Waals surface area contributed by atoms with Crippen molar-refractivity contribution in [1.29, 1.82) is 0 Å². The molecule has 2 rings (SSSR count). The first kappa shape index (κ1) is 15.3. The van der Waals surface area contributed by atoms with Crippen LogP contribution in [0.5, 0.6) is 5.75 Å². The molecule has 0 atom stereocenters. The van der Waals surface area contributed by atoms with Crippen LogP contribution in [0.3, 0.4) is 0 Å². The summed E-state index contributed by atoms with van der Waals surface area (Å²) in [4.78, 5) is -1.23. The van der Waals surface area contributed by atoms with Gasteiger partial charge in [-0.15, -0.1) is 0 Å². The van der Waals surface area contributed by atoms with Crippen LogP contribution in [-0.2, 0) is 16.6 Å². The number of hydrogen-bond donors (Lipinski definition) is 2. The summed E-state index contributed by atoms with van der Waals surface area (Å²) in [6.45, 7) is -0.237. The van der Waals surface area contributed by atoms with Crippen molar-refractivity contribution in [2.45, 2.75) is 11.4 Å². The first-order chi connectivity index (χ1) is 9.79. The van der Waals surface area contributed by atoms with Crippen molar-refractivity contribution < 1.29 is 26.7 Å². The van der Waals surface area contributed by atoms with Crippen molar-refractivity contribution in [1.82, 2.24) is 4.72 Å². The smallest absolute Gasteiger partial charge is 0.246 e. The maximum atomic E-state index is 13.5. The monoisotopic (exact) mass is 317 g/mol. The van der Waals surface area contributed by atoms with Crippen LogP contribution in [0.1, 0.15) is 5.56 Å². The van der Waals surface area contributed by atoms with Gasteiger partial charge in [0.25, 0.3) is 0 Å². The molecule has 0 heterocycles. The summed E-state index contributed by atoms with van der Waals surface area (Å²) in [5.41, 5.74) is 0.472. The van der Waals surface area contributed by atoms with E-state index in [1.54, 1.807) is 0 Å². The standard InChI is InChI=1S/C13H10F3NO3S/c14-9-5-11(15)13(12(16)6-9)21(19,20)17-7-8-1-3-10(18)4-2-8/h1-6,17-18H,7H2. The predicted octanol–water partition coefficient (Wildman–Crippen LogP) is 2.29. The van der Waals surface area contributed by atoms with Gasteiger partial charge in [-0.05, 0) is 17.7 Å². The lowest BCUT2D eigenvalue weighted by Gasteiger charge is -2.09. The lowest BCUT2D eigenvalue weighted by molar-refractivity contribution is 0.475. The fourth-order valence-electron chi connectivity index (χ4n) is 1.65. The zero-order valence-electron chi connectivity index (χ0n) is 10.5. The van der Waals surface area contributed by atoms with Crippen molar-refractivity contribution in [2.24, 2.45) is 0 Å². The minimum Gasteiger partial charge on any atom is -0.508 e. The van der Waals surface area contributed by atoms with Gasteiger partial charge in [-0.25, -0.2) is 26.3 Å². The molecule has 0 saturated carbocycles. The number of phenols is 1. The van der Waals surface area contributed by atoms with Crippen molar-refractivity contribution in [3.8, 4) is 5.75 Å². The molecule has 0 aliphatic carbocycles. The van der Waals surface area contributed by atoms with Gasteiger partial charge in [-0.1, -0.05) is 12.1 Å². The maximum absolute atomic E-state index is 13.5. The van der Waals surface area contributed by atoms with Crippen LogP contribution in [0.25, 0.3) is 0 Å². The van der Waals surface area contributed by atoms with Crippen LogP contribution in [0, 0.1) is 17.5 Å². The van der Waals surface area contributed by atoms with E-state index in [9.17, 15) is 21.6 Å². The van der Waals surface area contributed by atoms with E-state index in [4.69, 9.17) is 5.11 Å². The zero-order chi connectivity index (χ0) is 15.6. The van der Waals surface area contributed by atoms with Crippen LogP contribution < -0.4 is 4.72 Å². The molecule has 2 N–H and O–H groups in total. The summed E-state index contributed by atoms with van der Waals surface area (Å²) in [7, 11) is -4.48. The summed E-state index contributed by atoms with van der Waals surface area (Å²) < 4.78 is 65.4. The first-order valence-corrected chi connectivity index (χ1v) is 7.20. The van der Waals surface area contributed by atoms with E-state index in [0.29, 0.717) is 5.56 Å². The maximum Gasteiger partial charge on any atom is 0.246 e. The largest absolute Gasteiger partial charge is 0.508 e. The Morgan fingerprint density at radius 3 is 2.05 bits per heavy atom. The van der Waals surface area contributed by atoms with Crippen LogP contribution >= 0.6 is 0 Å². The molecular formula is C13H10F3NO3S. The summed E-state index contributed by atoms with van der Waals surface area (Å²) in [6, 6.07) is 6.13. The molecule has 0 amide bonds. The van der Waals surface area contributed by atoms with E-state index >= 15 is 0 Å². The topological polar surface area (TPSA) is 66.4 Å². The highest BCUT2D eigenvalue weighted by atomic mass is 32.2. The minimum absolute atomic E-state index is 0.00256. The summed E-state index contributed by atoms with van der Waals surface area (Å²) in [6.07, 6.45) is 0. The fraction of sp³-hybridized carbons (Fsp3) is 0.0769. The molecule has 21 heavy (non-hydrogen) atoms. The molecule has 112 valence electrons. The van der Waals surface area contributed by atoms with Gasteiger partial charge in [0, 0.05) is 18.7 Å². The Hall–Kier alpha value is -2.06. The van der Waals surface area contributed by atoms with Gasteiger partial charge < -0.3 is 5.11 Å². The van der Waals surface area contributed by atoms with E-state index in [1.807, 2.05) is 4.72 Å². The highest BCUT2D eigenvalue weighted by molar-refractivity contribution is 7.89. The summed E-state index contributed by atoms with van der Waals surface area (Å²) in [5, 5.41) is 9.09. The third-order valence-electron chi connectivity index (χ3n) is 2.63. The van der Waals surface area contributed by atoms with Crippen molar-refractivity contribution >= 4 is 10.0 Å². The fourth-order valence-corrected chi connectivity index (χ4v) is 2.78. The molecule has 0 saturated heterocycles. The van der Waals surface area contributed by atoms with Crippen LogP contribution in [-0.4, -0.2) is 13.5 Å². The zero-order valence-corrected chi connectivity index (χ0v) is 11.3. The Bertz CT molecular complexity index is 738. The van der Waals surface area contributed by atoms with Crippen molar-refractivity contribution in [2.75, 3.05) is 0 Å². The number of sulfonamides is 1. The van der Waals surface area contributed by atoms with Crippen molar-refractivity contribution in [3.63, 3.8) is 0 Å². The van der Waals surface area contributed by atoms with E-state index < -0.39 is 32.4 Å². The number of nitrogens with one attached hydrogen (secondary N) is 1. The van der Waals surface area contributed by atoms with Gasteiger partial charge in [-0.3, -0.25) is 0 Å². The SMILES string of the molecule is O=S(=O)(NCc1ccc(O)cc1)c1c(F)cc(F)cc1F. The molecule has 2 aromatic carbocycles. The second-order valence-electron chi connectivity index (χ2n) is 4.19. The predicted molar refractivity (Wildman–Crippen MR) is 68.4 cm³/mol. The van der Waals surface area contributed by atoms with Crippen molar-refractivity contribution in [3.05, 3.63) is 59.4 Å². The third kappa shape index (κ3) is 3.53. The molecule has 0 radical (unpaired) electrons. The average molecular weight is 317 g/mol. The highest BCUT2D eigenvalue weighted by Crippen LogP contribution is 2.20. The first-order valence-electron chi connectivity index (χ1n) is 5.72. The highest BCUT2D eigenvalue weighted by Gasteiger charge is 2.24. The lowest BCUT2D eigenvalue weighted by atomic mass is 10.2. The molecule has 4 nitrogen and oxygen atoms in total.